The number of rotatable bonds is 4. The van der Waals surface area contributed by atoms with Crippen molar-refractivity contribution in [2.45, 2.75) is 13.0 Å². The van der Waals surface area contributed by atoms with Gasteiger partial charge in [0.25, 0.3) is 0 Å². The highest BCUT2D eigenvalue weighted by Gasteiger charge is 2.20. The van der Waals surface area contributed by atoms with E-state index in [2.05, 4.69) is 15.9 Å². The average Bonchev–Trinajstić information content (AvgIpc) is 2.88. The normalized spacial score (nSPS) is 12.3. The third-order valence-electron chi connectivity index (χ3n) is 3.01. The first-order chi connectivity index (χ1) is 9.08. The molecule has 1 heterocycles. The maximum absolute atomic E-state index is 6.36. The lowest BCUT2D eigenvalue weighted by molar-refractivity contribution is 0.402. The van der Waals surface area contributed by atoms with Crippen LogP contribution in [0.1, 0.15) is 22.0 Å². The Kier molecular flexibility index (Phi) is 4.50. The Morgan fingerprint density at radius 1 is 1.21 bits per heavy atom. The number of benzene rings is 1. The smallest absolute Gasteiger partial charge is 0.134 e. The lowest BCUT2D eigenvalue weighted by atomic mass is 10.0. The second kappa shape index (κ2) is 5.94. The Labute approximate surface area is 125 Å². The van der Waals surface area contributed by atoms with E-state index in [9.17, 15) is 0 Å². The summed E-state index contributed by atoms with van der Waals surface area (Å²) < 4.78 is 11.8. The highest BCUT2D eigenvalue weighted by molar-refractivity contribution is 9.10. The number of nitrogens with two attached hydrogens (primary N) is 1. The van der Waals surface area contributed by atoms with Crippen LogP contribution >= 0.6 is 27.3 Å². The van der Waals surface area contributed by atoms with Gasteiger partial charge in [-0.2, -0.15) is 0 Å². The molecule has 0 saturated heterocycles. The van der Waals surface area contributed by atoms with Crippen LogP contribution in [0.5, 0.6) is 11.5 Å². The molecular weight excluding hydrogens is 326 g/mol. The quantitative estimate of drug-likeness (QED) is 0.917. The van der Waals surface area contributed by atoms with Crippen LogP contribution in [0.3, 0.4) is 0 Å². The van der Waals surface area contributed by atoms with Gasteiger partial charge >= 0.3 is 0 Å². The van der Waals surface area contributed by atoms with Crippen LogP contribution in [0.15, 0.2) is 28.1 Å². The van der Waals surface area contributed by atoms with Gasteiger partial charge in [-0.3, -0.25) is 0 Å². The standard InChI is InChI=1S/C14H16BrNO2S/c1-8-6-12(18-3)9(7-10(8)15)13(16)14-11(17-2)4-5-19-14/h4-7,13H,16H2,1-3H3. The number of thiophene rings is 1. The van der Waals surface area contributed by atoms with Crippen molar-refractivity contribution in [2.75, 3.05) is 14.2 Å². The Hall–Kier alpha value is -1.04. The molecule has 1 aromatic heterocycles. The molecular formula is C14H16BrNO2S. The van der Waals surface area contributed by atoms with Crippen LogP contribution in [-0.4, -0.2) is 14.2 Å². The highest BCUT2D eigenvalue weighted by Crippen LogP contribution is 2.38. The summed E-state index contributed by atoms with van der Waals surface area (Å²) in [6, 6.07) is 5.66. The van der Waals surface area contributed by atoms with Crippen molar-refractivity contribution in [1.29, 1.82) is 0 Å². The SMILES string of the molecule is COc1cc(C)c(Br)cc1C(N)c1sccc1OC. The van der Waals surface area contributed by atoms with Crippen LogP contribution in [0, 0.1) is 6.92 Å². The van der Waals surface area contributed by atoms with Crippen LogP contribution in [0.2, 0.25) is 0 Å². The first kappa shape index (κ1) is 14.4. The molecule has 2 N–H and O–H groups in total. The molecule has 1 aromatic carbocycles. The lowest BCUT2D eigenvalue weighted by Gasteiger charge is -2.17. The van der Waals surface area contributed by atoms with E-state index in [0.717, 1.165) is 32.0 Å². The third kappa shape index (κ3) is 2.78. The zero-order valence-electron chi connectivity index (χ0n) is 11.1. The maximum atomic E-state index is 6.36. The van der Waals surface area contributed by atoms with E-state index in [1.54, 1.807) is 25.6 Å². The van der Waals surface area contributed by atoms with Gasteiger partial charge in [0.05, 0.1) is 25.1 Å². The minimum absolute atomic E-state index is 0.262. The zero-order valence-corrected chi connectivity index (χ0v) is 13.5. The van der Waals surface area contributed by atoms with Gasteiger partial charge in [0.2, 0.25) is 0 Å². The summed E-state index contributed by atoms with van der Waals surface area (Å²) in [6.07, 6.45) is 0. The minimum Gasteiger partial charge on any atom is -0.496 e. The Bertz CT molecular complexity index is 583. The first-order valence-electron chi connectivity index (χ1n) is 5.79. The van der Waals surface area contributed by atoms with Gasteiger partial charge in [-0.15, -0.1) is 11.3 Å². The van der Waals surface area contributed by atoms with E-state index in [0.29, 0.717) is 0 Å². The molecule has 0 radical (unpaired) electrons. The fraction of sp³-hybridized carbons (Fsp3) is 0.286. The number of hydrogen-bond acceptors (Lipinski definition) is 4. The molecule has 2 rings (SSSR count). The number of hydrogen-bond donors (Lipinski definition) is 1. The first-order valence-corrected chi connectivity index (χ1v) is 7.46. The lowest BCUT2D eigenvalue weighted by Crippen LogP contribution is -2.13. The monoisotopic (exact) mass is 341 g/mol. The molecule has 0 saturated carbocycles. The molecule has 0 spiro atoms. The van der Waals surface area contributed by atoms with Gasteiger partial charge in [0.1, 0.15) is 11.5 Å². The van der Waals surface area contributed by atoms with E-state index < -0.39 is 0 Å². The largest absolute Gasteiger partial charge is 0.496 e. The Balaban J connectivity index is 2.49. The van der Waals surface area contributed by atoms with E-state index in [-0.39, 0.29) is 6.04 Å². The van der Waals surface area contributed by atoms with Gasteiger partial charge in [-0.25, -0.2) is 0 Å². The summed E-state index contributed by atoms with van der Waals surface area (Å²) in [5, 5.41) is 1.98. The molecule has 5 heteroatoms. The summed E-state index contributed by atoms with van der Waals surface area (Å²) in [4.78, 5) is 0.997. The number of halogens is 1. The average molecular weight is 342 g/mol. The van der Waals surface area contributed by atoms with Crippen LogP contribution < -0.4 is 15.2 Å². The number of ether oxygens (including phenoxy) is 2. The molecule has 3 nitrogen and oxygen atoms in total. The topological polar surface area (TPSA) is 44.5 Å². The number of aryl methyl sites for hydroxylation is 1. The third-order valence-corrected chi connectivity index (χ3v) is 4.84. The molecule has 2 aromatic rings. The van der Waals surface area contributed by atoms with Crippen LogP contribution in [0.25, 0.3) is 0 Å². The van der Waals surface area contributed by atoms with Crippen molar-refractivity contribution in [1.82, 2.24) is 0 Å². The summed E-state index contributed by atoms with van der Waals surface area (Å²) in [7, 11) is 3.31. The van der Waals surface area contributed by atoms with Crippen LogP contribution in [-0.2, 0) is 0 Å². The summed E-state index contributed by atoms with van der Waals surface area (Å²) in [5.41, 5.74) is 8.42. The minimum atomic E-state index is -0.262. The summed E-state index contributed by atoms with van der Waals surface area (Å²) in [6.45, 7) is 2.02. The molecule has 19 heavy (non-hydrogen) atoms. The molecule has 1 unspecified atom stereocenters. The van der Waals surface area contributed by atoms with Crippen molar-refractivity contribution >= 4 is 27.3 Å². The summed E-state index contributed by atoms with van der Waals surface area (Å²) >= 11 is 5.12. The van der Waals surface area contributed by atoms with Gasteiger partial charge in [-0.05, 0) is 36.1 Å². The molecule has 0 aliphatic rings. The van der Waals surface area contributed by atoms with Crippen molar-refractivity contribution in [3.8, 4) is 11.5 Å². The fourth-order valence-corrected chi connectivity index (χ4v) is 3.18. The summed E-state index contributed by atoms with van der Waals surface area (Å²) in [5.74, 6) is 1.61. The van der Waals surface area contributed by atoms with E-state index in [1.807, 2.05) is 30.5 Å². The molecule has 102 valence electrons. The van der Waals surface area contributed by atoms with Gasteiger partial charge in [-0.1, -0.05) is 15.9 Å². The molecule has 1 atom stereocenters. The zero-order chi connectivity index (χ0) is 14.0. The second-order valence-electron chi connectivity index (χ2n) is 4.17. The van der Waals surface area contributed by atoms with Crippen molar-refractivity contribution in [2.24, 2.45) is 5.73 Å². The molecule has 0 bridgehead atoms. The molecule has 0 aliphatic carbocycles. The van der Waals surface area contributed by atoms with Gasteiger partial charge in [0, 0.05) is 10.0 Å². The Morgan fingerprint density at radius 2 is 1.89 bits per heavy atom. The van der Waals surface area contributed by atoms with Gasteiger partial charge in [0.15, 0.2) is 0 Å². The van der Waals surface area contributed by atoms with Crippen molar-refractivity contribution in [3.05, 3.63) is 44.1 Å². The predicted molar refractivity (Wildman–Crippen MR) is 82.3 cm³/mol. The van der Waals surface area contributed by atoms with Crippen LogP contribution in [0.4, 0.5) is 0 Å². The van der Waals surface area contributed by atoms with Crippen molar-refractivity contribution in [3.63, 3.8) is 0 Å². The maximum Gasteiger partial charge on any atom is 0.134 e. The highest BCUT2D eigenvalue weighted by atomic mass is 79.9. The predicted octanol–water partition coefficient (Wildman–Crippen LogP) is 3.88. The van der Waals surface area contributed by atoms with E-state index in [4.69, 9.17) is 15.2 Å². The van der Waals surface area contributed by atoms with Gasteiger partial charge < -0.3 is 15.2 Å². The molecule has 0 fully saturated rings. The second-order valence-corrected chi connectivity index (χ2v) is 5.98. The molecule has 0 aliphatic heterocycles. The fourth-order valence-electron chi connectivity index (χ4n) is 1.94. The van der Waals surface area contributed by atoms with E-state index >= 15 is 0 Å². The Morgan fingerprint density at radius 3 is 2.53 bits per heavy atom. The molecule has 0 amide bonds. The number of methoxy groups -OCH3 is 2. The van der Waals surface area contributed by atoms with E-state index in [1.165, 1.54) is 0 Å². The van der Waals surface area contributed by atoms with Crippen molar-refractivity contribution < 1.29 is 9.47 Å².